The van der Waals surface area contributed by atoms with Crippen molar-refractivity contribution >= 4 is 24.0 Å². The van der Waals surface area contributed by atoms with Gasteiger partial charge >= 0.3 is 0 Å². The van der Waals surface area contributed by atoms with E-state index in [0.717, 1.165) is 0 Å². The van der Waals surface area contributed by atoms with Crippen LogP contribution in [0.4, 0.5) is 0 Å². The fourth-order valence-corrected chi connectivity index (χ4v) is 1.16. The summed E-state index contributed by atoms with van der Waals surface area (Å²) < 4.78 is 0. The van der Waals surface area contributed by atoms with E-state index in [2.05, 4.69) is 15.0 Å². The minimum absolute atomic E-state index is 0.0151. The van der Waals surface area contributed by atoms with Crippen molar-refractivity contribution in [3.63, 3.8) is 0 Å². The summed E-state index contributed by atoms with van der Waals surface area (Å²) in [6, 6.07) is -0.461. The molecular weight excluding hydrogens is 158 g/mol. The monoisotopic (exact) mass is 165 g/mol. The second-order valence-electron chi connectivity index (χ2n) is 2.59. The van der Waals surface area contributed by atoms with Gasteiger partial charge in [-0.05, 0) is 0 Å². The number of likely N-dealkylation sites (N-methyl/N-ethyl adjacent to an activating group) is 1. The maximum absolute atomic E-state index is 11.2. The quantitative estimate of drug-likeness (QED) is 0.478. The molecule has 0 aromatic rings. The van der Waals surface area contributed by atoms with Crippen LogP contribution < -0.4 is 5.73 Å². The Labute approximate surface area is 68.5 Å². The van der Waals surface area contributed by atoms with E-state index in [4.69, 9.17) is 5.73 Å². The summed E-state index contributed by atoms with van der Waals surface area (Å²) in [6.45, 7) is 0. The Hall–Kier alpha value is -1.72. The van der Waals surface area contributed by atoms with Gasteiger partial charge in [-0.3, -0.25) is 4.79 Å². The van der Waals surface area contributed by atoms with Crippen LogP contribution in [0.15, 0.2) is 15.0 Å². The molecule has 0 spiro atoms. The van der Waals surface area contributed by atoms with E-state index in [1.807, 2.05) is 0 Å². The molecular formula is C6H7N5O. The van der Waals surface area contributed by atoms with E-state index >= 15 is 0 Å². The molecule has 2 aliphatic rings. The van der Waals surface area contributed by atoms with Gasteiger partial charge in [-0.1, -0.05) is 0 Å². The third-order valence-electron chi connectivity index (χ3n) is 1.71. The highest BCUT2D eigenvalue weighted by Gasteiger charge is 2.34. The zero-order chi connectivity index (χ0) is 8.72. The lowest BCUT2D eigenvalue weighted by atomic mass is 10.2. The van der Waals surface area contributed by atoms with Crippen LogP contribution in [-0.4, -0.2) is 42.0 Å². The fourth-order valence-electron chi connectivity index (χ4n) is 1.16. The van der Waals surface area contributed by atoms with Gasteiger partial charge in [0.15, 0.2) is 11.9 Å². The van der Waals surface area contributed by atoms with Crippen LogP contribution in [0.1, 0.15) is 0 Å². The Morgan fingerprint density at radius 2 is 2.33 bits per heavy atom. The number of nitrogens with two attached hydrogens (primary N) is 1. The number of amidine groups is 1. The van der Waals surface area contributed by atoms with Gasteiger partial charge in [-0.2, -0.15) is 9.98 Å². The average molecular weight is 165 g/mol. The van der Waals surface area contributed by atoms with Gasteiger partial charge in [0.2, 0.25) is 5.96 Å². The zero-order valence-corrected chi connectivity index (χ0v) is 6.43. The van der Waals surface area contributed by atoms with Gasteiger partial charge in [0.05, 0.1) is 6.34 Å². The van der Waals surface area contributed by atoms with Crippen LogP contribution in [0, 0.1) is 0 Å². The second kappa shape index (κ2) is 2.13. The third-order valence-corrected chi connectivity index (χ3v) is 1.71. The van der Waals surface area contributed by atoms with Crippen molar-refractivity contribution in [2.75, 3.05) is 7.05 Å². The van der Waals surface area contributed by atoms with E-state index in [0.29, 0.717) is 5.84 Å². The summed E-state index contributed by atoms with van der Waals surface area (Å²) in [6.07, 6.45) is 1.54. The summed E-state index contributed by atoms with van der Waals surface area (Å²) >= 11 is 0. The highest BCUT2D eigenvalue weighted by Crippen LogP contribution is 2.11. The summed E-state index contributed by atoms with van der Waals surface area (Å²) in [4.78, 5) is 24.1. The molecule has 0 aromatic carbocycles. The van der Waals surface area contributed by atoms with Crippen molar-refractivity contribution in [3.8, 4) is 0 Å². The summed E-state index contributed by atoms with van der Waals surface area (Å²) in [5.74, 6) is 0.103. The number of rotatable bonds is 0. The van der Waals surface area contributed by atoms with Crippen LogP contribution in [0.3, 0.4) is 0 Å². The van der Waals surface area contributed by atoms with Gasteiger partial charge in [0.1, 0.15) is 0 Å². The molecule has 12 heavy (non-hydrogen) atoms. The van der Waals surface area contributed by atoms with Gasteiger partial charge in [0, 0.05) is 7.05 Å². The van der Waals surface area contributed by atoms with Crippen LogP contribution in [0.25, 0.3) is 0 Å². The number of amides is 1. The van der Waals surface area contributed by atoms with Gasteiger partial charge in [0.25, 0.3) is 5.91 Å². The molecule has 0 bridgehead atoms. The standard InChI is InChI=1S/C6H7N5O/c1-11-2-8-4-3(11)5(12)10-6(7)9-4/h2-3H,1H3,(H2,7,10,12). The Morgan fingerprint density at radius 3 is 3.08 bits per heavy atom. The molecule has 6 nitrogen and oxygen atoms in total. The van der Waals surface area contributed by atoms with Crippen molar-refractivity contribution in [1.82, 2.24) is 4.90 Å². The van der Waals surface area contributed by atoms with Crippen molar-refractivity contribution in [2.24, 2.45) is 20.7 Å². The van der Waals surface area contributed by atoms with Crippen molar-refractivity contribution in [2.45, 2.75) is 6.04 Å². The number of nitrogens with zero attached hydrogens (tertiary/aromatic N) is 4. The van der Waals surface area contributed by atoms with E-state index in [-0.39, 0.29) is 11.9 Å². The first-order chi connectivity index (χ1) is 5.68. The third kappa shape index (κ3) is 0.810. The summed E-state index contributed by atoms with van der Waals surface area (Å²) in [7, 11) is 1.74. The number of carbonyl (C=O) groups is 1. The molecule has 0 aliphatic carbocycles. The lowest BCUT2D eigenvalue weighted by molar-refractivity contribution is -0.119. The molecule has 62 valence electrons. The molecule has 2 aliphatic heterocycles. The van der Waals surface area contributed by atoms with Gasteiger partial charge in [-0.25, -0.2) is 4.99 Å². The second-order valence-corrected chi connectivity index (χ2v) is 2.59. The highest BCUT2D eigenvalue weighted by atomic mass is 16.2. The molecule has 0 saturated heterocycles. The summed E-state index contributed by atoms with van der Waals surface area (Å²) in [5.41, 5.74) is 5.28. The molecule has 2 N–H and O–H groups in total. The molecule has 6 heteroatoms. The van der Waals surface area contributed by atoms with E-state index in [9.17, 15) is 4.79 Å². The van der Waals surface area contributed by atoms with E-state index in [1.54, 1.807) is 11.9 Å². The lowest BCUT2D eigenvalue weighted by Crippen LogP contribution is -2.41. The lowest BCUT2D eigenvalue weighted by Gasteiger charge is -2.17. The Bertz CT molecular complexity index is 329. The maximum atomic E-state index is 11.2. The van der Waals surface area contributed by atoms with E-state index < -0.39 is 6.04 Å². The van der Waals surface area contributed by atoms with Crippen LogP contribution in [0.5, 0.6) is 0 Å². The molecule has 2 heterocycles. The average Bonchev–Trinajstić information content (AvgIpc) is 2.31. The molecule has 1 atom stereocenters. The normalized spacial score (nSPS) is 26.9. The minimum atomic E-state index is -0.461. The Morgan fingerprint density at radius 1 is 1.58 bits per heavy atom. The molecule has 1 amide bonds. The first-order valence-corrected chi connectivity index (χ1v) is 3.41. The molecule has 2 rings (SSSR count). The summed E-state index contributed by atoms with van der Waals surface area (Å²) in [5, 5.41) is 0. The van der Waals surface area contributed by atoms with Crippen molar-refractivity contribution in [3.05, 3.63) is 0 Å². The number of aliphatic imine (C=N–C) groups is 3. The van der Waals surface area contributed by atoms with Gasteiger partial charge in [-0.15, -0.1) is 0 Å². The first-order valence-electron chi connectivity index (χ1n) is 3.41. The topological polar surface area (TPSA) is 83.4 Å². The van der Waals surface area contributed by atoms with Crippen molar-refractivity contribution in [1.29, 1.82) is 0 Å². The smallest absolute Gasteiger partial charge is 0.279 e. The number of carbonyl (C=O) groups excluding carboxylic acids is 1. The predicted octanol–water partition coefficient (Wildman–Crippen LogP) is -1.42. The predicted molar refractivity (Wildman–Crippen MR) is 44.1 cm³/mol. The number of fused-ring (bicyclic) bond motifs is 1. The van der Waals surface area contributed by atoms with Crippen LogP contribution >= 0.6 is 0 Å². The molecule has 0 fully saturated rings. The minimum Gasteiger partial charge on any atom is -0.368 e. The number of hydrogen-bond acceptors (Lipinski definition) is 5. The number of hydrogen-bond donors (Lipinski definition) is 1. The molecule has 0 saturated carbocycles. The molecule has 0 radical (unpaired) electrons. The number of guanidine groups is 1. The largest absolute Gasteiger partial charge is 0.368 e. The highest BCUT2D eigenvalue weighted by molar-refractivity contribution is 6.21. The Kier molecular flexibility index (Phi) is 1.24. The first kappa shape index (κ1) is 6.96. The SMILES string of the molecule is CN1C=NC2=NC(N)=NC(=O)C21. The molecule has 0 aromatic heterocycles. The van der Waals surface area contributed by atoms with Crippen molar-refractivity contribution < 1.29 is 4.79 Å². The van der Waals surface area contributed by atoms with E-state index in [1.165, 1.54) is 6.34 Å². The zero-order valence-electron chi connectivity index (χ0n) is 6.43. The fraction of sp³-hybridized carbons (Fsp3) is 0.333. The maximum Gasteiger partial charge on any atom is 0.279 e. The van der Waals surface area contributed by atoms with Crippen LogP contribution in [0.2, 0.25) is 0 Å². The molecule has 1 unspecified atom stereocenters. The Balaban J connectivity index is 2.42. The van der Waals surface area contributed by atoms with Crippen LogP contribution in [-0.2, 0) is 4.79 Å². The van der Waals surface area contributed by atoms with Gasteiger partial charge < -0.3 is 10.6 Å².